The van der Waals surface area contributed by atoms with Crippen molar-refractivity contribution in [2.75, 3.05) is 25.0 Å². The van der Waals surface area contributed by atoms with Crippen LogP contribution >= 0.6 is 0 Å². The first-order valence-corrected chi connectivity index (χ1v) is 7.11. The van der Waals surface area contributed by atoms with Gasteiger partial charge in [-0.15, -0.1) is 0 Å². The van der Waals surface area contributed by atoms with Crippen molar-refractivity contribution < 1.29 is 17.6 Å². The quantitative estimate of drug-likeness (QED) is 0.852. The molecule has 1 aliphatic heterocycles. The van der Waals surface area contributed by atoms with Crippen molar-refractivity contribution in [1.29, 1.82) is 0 Å². The van der Waals surface area contributed by atoms with Crippen molar-refractivity contribution in [1.82, 2.24) is 5.32 Å². The normalized spacial score (nSPS) is 21.4. The van der Waals surface area contributed by atoms with Crippen LogP contribution in [0.1, 0.15) is 31.4 Å². The molecule has 0 saturated carbocycles. The van der Waals surface area contributed by atoms with Crippen LogP contribution in [0.25, 0.3) is 0 Å². The van der Waals surface area contributed by atoms with Crippen LogP contribution in [-0.4, -0.2) is 26.3 Å². The van der Waals surface area contributed by atoms with E-state index in [1.165, 1.54) is 12.1 Å². The summed E-state index contributed by atoms with van der Waals surface area (Å²) >= 11 is 0. The molecule has 1 saturated heterocycles. The predicted octanol–water partition coefficient (Wildman–Crippen LogP) is 3.88. The highest BCUT2D eigenvalue weighted by molar-refractivity contribution is 5.55. The van der Waals surface area contributed by atoms with E-state index < -0.39 is 12.1 Å². The van der Waals surface area contributed by atoms with Crippen LogP contribution in [0.4, 0.5) is 23.2 Å². The summed E-state index contributed by atoms with van der Waals surface area (Å²) in [6.45, 7) is 2.38. The largest absolute Gasteiger partial charge is 0.393 e. The molecule has 0 spiro atoms. The van der Waals surface area contributed by atoms with Gasteiger partial charge in [-0.05, 0) is 50.6 Å². The van der Waals surface area contributed by atoms with E-state index >= 15 is 0 Å². The zero-order valence-electron chi connectivity index (χ0n) is 12.2. The Kier molecular flexibility index (Phi) is 4.76. The van der Waals surface area contributed by atoms with E-state index in [1.807, 2.05) is 6.92 Å². The van der Waals surface area contributed by atoms with Gasteiger partial charge in [-0.1, -0.05) is 0 Å². The van der Waals surface area contributed by atoms with Gasteiger partial charge in [0.2, 0.25) is 0 Å². The van der Waals surface area contributed by atoms with Crippen LogP contribution in [0.15, 0.2) is 18.2 Å². The molecule has 1 aromatic carbocycles. The Morgan fingerprint density at radius 3 is 2.67 bits per heavy atom. The van der Waals surface area contributed by atoms with Gasteiger partial charge < -0.3 is 10.2 Å². The third-order valence-corrected chi connectivity index (χ3v) is 4.11. The molecule has 0 bridgehead atoms. The number of hydrogen-bond donors (Lipinski definition) is 1. The summed E-state index contributed by atoms with van der Waals surface area (Å²) in [6.07, 6.45) is -3.51. The number of nitrogens with zero attached hydrogens (tertiary/aromatic N) is 1. The smallest absolute Gasteiger partial charge is 0.371 e. The topological polar surface area (TPSA) is 15.3 Å². The second kappa shape index (κ2) is 6.22. The SMILES string of the molecule is CNC(C)c1cc(F)ccc1N1CCCC(C(F)(F)F)C1. The van der Waals surface area contributed by atoms with E-state index in [0.717, 1.165) is 0 Å². The summed E-state index contributed by atoms with van der Waals surface area (Å²) in [5, 5.41) is 3.01. The lowest BCUT2D eigenvalue weighted by Gasteiger charge is -2.37. The molecule has 1 heterocycles. The second-order valence-electron chi connectivity index (χ2n) is 5.54. The fraction of sp³-hybridized carbons (Fsp3) is 0.600. The minimum Gasteiger partial charge on any atom is -0.371 e. The van der Waals surface area contributed by atoms with Crippen molar-refractivity contribution in [3.63, 3.8) is 0 Å². The van der Waals surface area contributed by atoms with E-state index in [9.17, 15) is 17.6 Å². The highest BCUT2D eigenvalue weighted by atomic mass is 19.4. The summed E-state index contributed by atoms with van der Waals surface area (Å²) in [5.41, 5.74) is 1.38. The molecule has 0 aliphatic carbocycles. The number of halogens is 4. The highest BCUT2D eigenvalue weighted by Gasteiger charge is 2.42. The number of hydrogen-bond acceptors (Lipinski definition) is 2. The number of alkyl halides is 3. The van der Waals surface area contributed by atoms with Gasteiger partial charge in [-0.25, -0.2) is 4.39 Å². The van der Waals surface area contributed by atoms with Crippen molar-refractivity contribution in [2.24, 2.45) is 5.92 Å². The molecule has 0 aromatic heterocycles. The zero-order chi connectivity index (χ0) is 15.6. The standard InChI is InChI=1S/C15H20F4N2/c1-10(20-2)13-8-12(16)5-6-14(13)21-7-3-4-11(9-21)15(17,18)19/h5-6,8,10-11,20H,3-4,7,9H2,1-2H3. The average Bonchev–Trinajstić information content (AvgIpc) is 2.45. The second-order valence-corrected chi connectivity index (χ2v) is 5.54. The lowest BCUT2D eigenvalue weighted by atomic mass is 9.95. The maximum absolute atomic E-state index is 13.5. The zero-order valence-corrected chi connectivity index (χ0v) is 12.2. The molecular weight excluding hydrogens is 284 g/mol. The minimum absolute atomic E-state index is 0.0570. The lowest BCUT2D eigenvalue weighted by molar-refractivity contribution is -0.176. The molecule has 2 atom stereocenters. The fourth-order valence-electron chi connectivity index (χ4n) is 2.78. The summed E-state index contributed by atoms with van der Waals surface area (Å²) in [4.78, 5) is 1.73. The van der Waals surface area contributed by atoms with Gasteiger partial charge in [0.1, 0.15) is 5.82 Å². The van der Waals surface area contributed by atoms with Gasteiger partial charge in [0.25, 0.3) is 0 Å². The maximum Gasteiger partial charge on any atom is 0.393 e. The van der Waals surface area contributed by atoms with Crippen LogP contribution in [0.3, 0.4) is 0 Å². The number of benzene rings is 1. The summed E-state index contributed by atoms with van der Waals surface area (Å²) in [6, 6.07) is 4.16. The molecule has 2 nitrogen and oxygen atoms in total. The first-order chi connectivity index (χ1) is 9.82. The maximum atomic E-state index is 13.5. The van der Waals surface area contributed by atoms with Crippen molar-refractivity contribution in [3.8, 4) is 0 Å². The number of nitrogens with one attached hydrogen (secondary N) is 1. The Hall–Kier alpha value is -1.30. The van der Waals surface area contributed by atoms with E-state index in [1.54, 1.807) is 18.0 Å². The van der Waals surface area contributed by atoms with Gasteiger partial charge in [-0.2, -0.15) is 13.2 Å². The van der Waals surface area contributed by atoms with Crippen molar-refractivity contribution in [2.45, 2.75) is 32.0 Å². The van der Waals surface area contributed by atoms with E-state index in [0.29, 0.717) is 24.2 Å². The summed E-state index contributed by atoms with van der Waals surface area (Å²) < 4.78 is 52.2. The molecule has 21 heavy (non-hydrogen) atoms. The van der Waals surface area contributed by atoms with Crippen molar-refractivity contribution >= 4 is 5.69 Å². The summed E-state index contributed by atoms with van der Waals surface area (Å²) in [7, 11) is 1.74. The molecular formula is C15H20F4N2. The van der Waals surface area contributed by atoms with Gasteiger partial charge in [-0.3, -0.25) is 0 Å². The first kappa shape index (κ1) is 16.1. The lowest BCUT2D eigenvalue weighted by Crippen LogP contribution is -2.42. The molecule has 2 unspecified atom stereocenters. The molecule has 118 valence electrons. The first-order valence-electron chi connectivity index (χ1n) is 7.11. The molecule has 0 radical (unpaired) electrons. The third kappa shape index (κ3) is 3.67. The Labute approximate surface area is 122 Å². The third-order valence-electron chi connectivity index (χ3n) is 4.11. The summed E-state index contributed by atoms with van der Waals surface area (Å²) in [5.74, 6) is -1.69. The van der Waals surface area contributed by atoms with Gasteiger partial charge >= 0.3 is 6.18 Å². The molecule has 6 heteroatoms. The average molecular weight is 304 g/mol. The molecule has 1 N–H and O–H groups in total. The Balaban J connectivity index is 2.29. The number of anilines is 1. The van der Waals surface area contributed by atoms with E-state index in [2.05, 4.69) is 5.32 Å². The number of piperidine rings is 1. The van der Waals surface area contributed by atoms with Crippen LogP contribution < -0.4 is 10.2 Å². The number of rotatable bonds is 3. The Morgan fingerprint density at radius 2 is 2.05 bits per heavy atom. The fourth-order valence-corrected chi connectivity index (χ4v) is 2.78. The van der Waals surface area contributed by atoms with E-state index in [-0.39, 0.29) is 24.8 Å². The van der Waals surface area contributed by atoms with Crippen LogP contribution in [0.2, 0.25) is 0 Å². The monoisotopic (exact) mass is 304 g/mol. The highest BCUT2D eigenvalue weighted by Crippen LogP contribution is 2.36. The minimum atomic E-state index is -4.17. The van der Waals surface area contributed by atoms with Crippen molar-refractivity contribution in [3.05, 3.63) is 29.6 Å². The molecule has 1 aromatic rings. The van der Waals surface area contributed by atoms with Crippen LogP contribution in [0, 0.1) is 11.7 Å². The Morgan fingerprint density at radius 1 is 1.33 bits per heavy atom. The molecule has 2 rings (SSSR count). The molecule has 1 aliphatic rings. The Bertz CT molecular complexity index is 487. The van der Waals surface area contributed by atoms with Gasteiger partial charge in [0.15, 0.2) is 0 Å². The molecule has 1 fully saturated rings. The van der Waals surface area contributed by atoms with Gasteiger partial charge in [0, 0.05) is 24.8 Å². The molecule has 0 amide bonds. The van der Waals surface area contributed by atoms with Crippen LogP contribution in [-0.2, 0) is 0 Å². The van der Waals surface area contributed by atoms with E-state index in [4.69, 9.17) is 0 Å². The predicted molar refractivity (Wildman–Crippen MR) is 74.9 cm³/mol. The van der Waals surface area contributed by atoms with Gasteiger partial charge in [0.05, 0.1) is 5.92 Å². The van der Waals surface area contributed by atoms with Crippen LogP contribution in [0.5, 0.6) is 0 Å².